The molecular weight excluding hydrogens is 911 g/mol. The number of rotatable bonds is 4. The summed E-state index contributed by atoms with van der Waals surface area (Å²) in [5, 5.41) is 109. The Balaban J connectivity index is 0.000000240. The Morgan fingerprint density at radius 1 is 0.591 bits per heavy atom. The first-order valence-electron chi connectivity index (χ1n) is 19.4. The van der Waals surface area contributed by atoms with Crippen molar-refractivity contribution in [2.45, 2.75) is 35.5 Å². The summed E-state index contributed by atoms with van der Waals surface area (Å²) < 4.78 is 0. The van der Waals surface area contributed by atoms with E-state index in [1.54, 1.807) is 0 Å². The first kappa shape index (κ1) is 50.6. The number of phenols is 2. The van der Waals surface area contributed by atoms with Crippen LogP contribution in [0.4, 0.5) is 0 Å². The smallest absolute Gasteiger partial charge is 0.255 e. The van der Waals surface area contributed by atoms with Crippen LogP contribution in [0.1, 0.15) is 22.3 Å². The molecule has 8 rings (SSSR count). The lowest BCUT2D eigenvalue weighted by atomic mass is 9.55. The van der Waals surface area contributed by atoms with Crippen LogP contribution in [0.2, 0.25) is 0 Å². The molecule has 0 spiro atoms. The third-order valence-electron chi connectivity index (χ3n) is 13.2. The van der Waals surface area contributed by atoms with Crippen molar-refractivity contribution in [2.75, 3.05) is 28.2 Å². The molecule has 10 atom stereocenters. The lowest BCUT2D eigenvalue weighted by Gasteiger charge is -2.52. The largest absolute Gasteiger partial charge is 0.508 e. The van der Waals surface area contributed by atoms with Gasteiger partial charge < -0.3 is 62.5 Å². The number of likely N-dealkylation sites (N-methyl/N-ethyl adjacent to an activating group) is 2. The van der Waals surface area contributed by atoms with Crippen LogP contribution in [0.25, 0.3) is 22.7 Å². The third-order valence-corrected chi connectivity index (χ3v) is 13.2. The van der Waals surface area contributed by atoms with Crippen LogP contribution < -0.4 is 11.5 Å². The number of nitrogens with zero attached hydrogens (tertiary/aromatic N) is 2. The average Bonchev–Trinajstić information content (AvgIpc) is 3.20. The fourth-order valence-electron chi connectivity index (χ4n) is 10.4. The van der Waals surface area contributed by atoms with Crippen molar-refractivity contribution in [1.82, 2.24) is 9.80 Å². The monoisotopic (exact) mass is 956 g/mol. The van der Waals surface area contributed by atoms with E-state index in [9.17, 15) is 79.8 Å². The zero-order chi connectivity index (χ0) is 47.7. The molecule has 0 aliphatic heterocycles. The molecule has 352 valence electrons. The van der Waals surface area contributed by atoms with E-state index < -0.39 is 139 Å². The first-order valence-corrected chi connectivity index (χ1v) is 19.4. The predicted octanol–water partition coefficient (Wildman–Crippen LogP) is -0.345. The number of amides is 2. The van der Waals surface area contributed by atoms with E-state index in [2.05, 4.69) is 13.2 Å². The number of carbonyl (C=O) groups excluding carboxylic acids is 6. The first-order chi connectivity index (χ1) is 29.7. The molecule has 2 fully saturated rings. The molecule has 2 aromatic rings. The molecule has 0 bridgehead atoms. The number of halogens is 2. The number of aromatic hydroxyl groups is 2. The van der Waals surface area contributed by atoms with Crippen molar-refractivity contribution in [2.24, 2.45) is 35.1 Å². The minimum atomic E-state index is -2.94. The molecule has 2 aromatic carbocycles. The topological polar surface area (TPSA) is 363 Å². The van der Waals surface area contributed by atoms with E-state index >= 15 is 0 Å². The molecule has 22 heteroatoms. The summed E-state index contributed by atoms with van der Waals surface area (Å²) in [6.07, 6.45) is -3.38. The minimum absolute atomic E-state index is 0. The molecule has 0 unspecified atom stereocenters. The van der Waals surface area contributed by atoms with Gasteiger partial charge in [0.05, 0.1) is 58.4 Å². The molecule has 0 aromatic heterocycles. The van der Waals surface area contributed by atoms with Gasteiger partial charge >= 0.3 is 0 Å². The summed E-state index contributed by atoms with van der Waals surface area (Å²) in [5.74, 6) is -17.6. The summed E-state index contributed by atoms with van der Waals surface area (Å²) in [6, 6.07) is 5.78. The van der Waals surface area contributed by atoms with Gasteiger partial charge in [-0.1, -0.05) is 37.4 Å². The molecule has 0 saturated heterocycles. The zero-order valence-corrected chi connectivity index (χ0v) is 36.9. The van der Waals surface area contributed by atoms with Crippen LogP contribution in [0.5, 0.6) is 11.5 Å². The number of primary amides is 2. The Kier molecular flexibility index (Phi) is 12.9. The number of phenolic OH excluding ortho intramolecular Hbond substituents is 2. The highest BCUT2D eigenvalue weighted by Gasteiger charge is 2.69. The van der Waals surface area contributed by atoms with Crippen LogP contribution in [0, 0.1) is 23.7 Å². The van der Waals surface area contributed by atoms with E-state index in [0.29, 0.717) is 0 Å². The van der Waals surface area contributed by atoms with Gasteiger partial charge in [-0.15, -0.1) is 24.8 Å². The van der Waals surface area contributed by atoms with Gasteiger partial charge in [0.15, 0.2) is 22.8 Å². The van der Waals surface area contributed by atoms with E-state index in [4.69, 9.17) is 11.5 Å². The van der Waals surface area contributed by atoms with Gasteiger partial charge in [0.1, 0.15) is 45.7 Å². The highest BCUT2D eigenvalue weighted by Crippen LogP contribution is 2.57. The summed E-state index contributed by atoms with van der Waals surface area (Å²) in [4.78, 5) is 79.7. The van der Waals surface area contributed by atoms with Crippen molar-refractivity contribution >= 4 is 82.4 Å². The SMILES string of the molecule is C=C1c2cccc(O)c2C(O)=C2C(=O)[C@]3(O)C(O)=C(C(N)=O)C(=O)[C@@H](N(C)C)[C@@H]3[C@@H](O)[C@H]12.C=C1c2cccc(O)c2C(O)=C2C(=O)[C@]3(O)C(O)=C(C(N)=O)C(=O)[C@@H](N(C)C)[C@@H]3[C@@H](O)[C@H]12.Cl.Cl. The Morgan fingerprint density at radius 3 is 1.17 bits per heavy atom. The quantitative estimate of drug-likeness (QED) is 0.174. The number of hydrogen-bond donors (Lipinski definition) is 12. The van der Waals surface area contributed by atoms with Crippen LogP contribution in [-0.4, -0.2) is 159 Å². The molecule has 0 heterocycles. The van der Waals surface area contributed by atoms with Crippen molar-refractivity contribution in [1.29, 1.82) is 0 Å². The molecule has 14 N–H and O–H groups in total. The minimum Gasteiger partial charge on any atom is -0.508 e. The number of ketones is 4. The highest BCUT2D eigenvalue weighted by molar-refractivity contribution is 6.26. The van der Waals surface area contributed by atoms with E-state index in [0.717, 1.165) is 0 Å². The van der Waals surface area contributed by atoms with Gasteiger partial charge in [-0.2, -0.15) is 0 Å². The maximum Gasteiger partial charge on any atom is 0.255 e. The molecule has 2 amide bonds. The fraction of sp³-hybridized carbons (Fsp3) is 0.318. The van der Waals surface area contributed by atoms with Gasteiger partial charge in [-0.3, -0.25) is 38.6 Å². The van der Waals surface area contributed by atoms with Crippen LogP contribution in [0.15, 0.2) is 83.4 Å². The zero-order valence-electron chi connectivity index (χ0n) is 35.3. The van der Waals surface area contributed by atoms with Gasteiger partial charge in [0, 0.05) is 11.8 Å². The highest BCUT2D eigenvalue weighted by atomic mass is 35.5. The Morgan fingerprint density at radius 2 is 0.894 bits per heavy atom. The van der Waals surface area contributed by atoms with Gasteiger partial charge in [-0.25, -0.2) is 0 Å². The van der Waals surface area contributed by atoms with Crippen molar-refractivity contribution in [3.05, 3.63) is 106 Å². The summed E-state index contributed by atoms with van der Waals surface area (Å²) in [6.45, 7) is 7.83. The fourth-order valence-corrected chi connectivity index (χ4v) is 10.4. The number of Topliss-reactive ketones (excluding diaryl/α,β-unsaturated/α-hetero) is 4. The Hall–Kier alpha value is -6.36. The maximum absolute atomic E-state index is 13.6. The van der Waals surface area contributed by atoms with Crippen LogP contribution in [0.3, 0.4) is 0 Å². The summed E-state index contributed by atoms with van der Waals surface area (Å²) in [7, 11) is 5.75. The number of fused-ring (bicyclic) bond motifs is 6. The normalized spacial score (nSPS) is 31.1. The van der Waals surface area contributed by atoms with E-state index in [1.165, 1.54) is 74.4 Å². The second-order valence-corrected chi connectivity index (χ2v) is 16.9. The lowest BCUT2D eigenvalue weighted by molar-refractivity contribution is -0.166. The third kappa shape index (κ3) is 6.43. The number of nitrogens with two attached hydrogens (primary N) is 2. The summed E-state index contributed by atoms with van der Waals surface area (Å²) >= 11 is 0. The predicted molar refractivity (Wildman–Crippen MR) is 236 cm³/mol. The molecule has 6 aliphatic rings. The number of carbonyl (C=O) groups is 6. The molecule has 20 nitrogen and oxygen atoms in total. The van der Waals surface area contributed by atoms with Crippen LogP contribution in [-0.2, 0) is 28.8 Å². The van der Waals surface area contributed by atoms with Gasteiger partial charge in [-0.05, 0) is 62.6 Å². The second-order valence-electron chi connectivity index (χ2n) is 16.9. The average molecular weight is 958 g/mol. The van der Waals surface area contributed by atoms with Crippen LogP contribution >= 0.6 is 24.8 Å². The van der Waals surface area contributed by atoms with Gasteiger partial charge in [0.25, 0.3) is 11.8 Å². The van der Waals surface area contributed by atoms with Crippen molar-refractivity contribution < 1.29 is 79.8 Å². The molecule has 66 heavy (non-hydrogen) atoms. The van der Waals surface area contributed by atoms with E-state index in [-0.39, 0.29) is 69.7 Å². The number of benzene rings is 2. The number of aliphatic hydroxyl groups is 8. The Labute approximate surface area is 386 Å². The Bertz CT molecular complexity index is 2560. The summed E-state index contributed by atoms with van der Waals surface area (Å²) in [5.41, 5.74) is 2.33. The molecular formula is C44H46Cl2N4O16. The van der Waals surface area contributed by atoms with E-state index in [1.807, 2.05) is 0 Å². The standard InChI is InChI=1S/2C22H22N2O8.2ClH/c2*1-7-8-5-4-6-9(25)11(8)16(26)12-10(7)17(27)14-15(24(2)3)18(28)13(21(23)31)20(30)22(14,32)19(12)29;;/h2*4-6,10,14-15,17,25-27,30,32H,1H2,2-3H3,(H2,23,31);2*1H/t2*10-,14-,15+,17+,22+;;/m11../s1. The molecule has 2 saturated carbocycles. The number of hydrogen-bond acceptors (Lipinski definition) is 18. The van der Waals surface area contributed by atoms with Gasteiger partial charge in [0.2, 0.25) is 11.6 Å². The number of aliphatic hydroxyl groups excluding tert-OH is 6. The second kappa shape index (κ2) is 16.8. The lowest BCUT2D eigenvalue weighted by Crippen LogP contribution is -2.70. The van der Waals surface area contributed by atoms with Crippen molar-refractivity contribution in [3.63, 3.8) is 0 Å². The maximum atomic E-state index is 13.6. The molecule has 6 aliphatic carbocycles. The molecule has 0 radical (unpaired) electrons. The van der Waals surface area contributed by atoms with Crippen molar-refractivity contribution in [3.8, 4) is 11.5 Å².